The van der Waals surface area contributed by atoms with Crippen molar-refractivity contribution in [2.24, 2.45) is 5.41 Å². The van der Waals surface area contributed by atoms with Gasteiger partial charge in [-0.05, 0) is 23.9 Å². The molecule has 1 rings (SSSR count). The lowest BCUT2D eigenvalue weighted by molar-refractivity contribution is -0.384. The van der Waals surface area contributed by atoms with Crippen molar-refractivity contribution in [1.82, 2.24) is 5.32 Å². The normalized spacial score (nSPS) is 11.5. The lowest BCUT2D eigenvalue weighted by Crippen LogP contribution is -2.28. The zero-order valence-electron chi connectivity index (χ0n) is 10.7. The summed E-state index contributed by atoms with van der Waals surface area (Å²) < 4.78 is 0. The summed E-state index contributed by atoms with van der Waals surface area (Å²) in [5.74, 6) is 0. The fourth-order valence-corrected chi connectivity index (χ4v) is 1.48. The summed E-state index contributed by atoms with van der Waals surface area (Å²) in [5.41, 5.74) is 1.56. The van der Waals surface area contributed by atoms with E-state index in [9.17, 15) is 10.1 Å². The van der Waals surface area contributed by atoms with Gasteiger partial charge in [0.05, 0.1) is 4.92 Å². The molecule has 0 heterocycles. The van der Waals surface area contributed by atoms with Gasteiger partial charge in [-0.25, -0.2) is 0 Å². The second-order valence-corrected chi connectivity index (χ2v) is 5.41. The Balaban J connectivity index is 2.35. The average Bonchev–Trinajstić information content (AvgIpc) is 2.24. The van der Waals surface area contributed by atoms with Gasteiger partial charge in [0.2, 0.25) is 0 Å². The second kappa shape index (κ2) is 5.77. The van der Waals surface area contributed by atoms with Crippen LogP contribution in [0.1, 0.15) is 26.3 Å². The highest BCUT2D eigenvalue weighted by molar-refractivity contribution is 5.32. The number of nitro benzene ring substituents is 1. The van der Waals surface area contributed by atoms with Crippen LogP contribution in [0.25, 0.3) is 0 Å². The second-order valence-electron chi connectivity index (χ2n) is 5.41. The van der Waals surface area contributed by atoms with Crippen molar-refractivity contribution in [3.05, 3.63) is 39.9 Å². The third kappa shape index (κ3) is 5.45. The summed E-state index contributed by atoms with van der Waals surface area (Å²) >= 11 is 0. The van der Waals surface area contributed by atoms with E-state index in [1.807, 2.05) is 12.1 Å². The van der Waals surface area contributed by atoms with Gasteiger partial charge < -0.3 is 5.32 Å². The highest BCUT2D eigenvalue weighted by Crippen LogP contribution is 2.12. The Kier molecular flexibility index (Phi) is 4.63. The maximum Gasteiger partial charge on any atom is 0.269 e. The van der Waals surface area contributed by atoms with Crippen molar-refractivity contribution < 1.29 is 4.92 Å². The molecule has 0 aliphatic rings. The van der Waals surface area contributed by atoms with Crippen LogP contribution in [0.5, 0.6) is 0 Å². The molecule has 1 aromatic carbocycles. The van der Waals surface area contributed by atoms with E-state index in [1.165, 1.54) is 0 Å². The molecular formula is C13H20N2O2. The molecule has 0 bridgehead atoms. The van der Waals surface area contributed by atoms with Crippen molar-refractivity contribution in [2.45, 2.75) is 27.2 Å². The third-order valence-corrected chi connectivity index (χ3v) is 2.39. The third-order valence-electron chi connectivity index (χ3n) is 2.39. The van der Waals surface area contributed by atoms with Crippen LogP contribution >= 0.6 is 0 Å². The summed E-state index contributed by atoms with van der Waals surface area (Å²) in [6.07, 6.45) is 0.897. The maximum absolute atomic E-state index is 10.5. The van der Waals surface area contributed by atoms with Crippen molar-refractivity contribution in [1.29, 1.82) is 0 Å². The van der Waals surface area contributed by atoms with Crippen LogP contribution in [0, 0.1) is 15.5 Å². The van der Waals surface area contributed by atoms with Crippen molar-refractivity contribution >= 4 is 5.69 Å². The number of rotatable bonds is 5. The van der Waals surface area contributed by atoms with Gasteiger partial charge in [-0.2, -0.15) is 0 Å². The Labute approximate surface area is 102 Å². The van der Waals surface area contributed by atoms with Gasteiger partial charge in [0.15, 0.2) is 0 Å². The summed E-state index contributed by atoms with van der Waals surface area (Å²) in [6, 6.07) is 6.74. The van der Waals surface area contributed by atoms with Crippen molar-refractivity contribution in [3.63, 3.8) is 0 Å². The number of nitro groups is 1. The van der Waals surface area contributed by atoms with Gasteiger partial charge in [0.25, 0.3) is 5.69 Å². The number of benzene rings is 1. The van der Waals surface area contributed by atoms with Crippen LogP contribution < -0.4 is 5.32 Å². The Morgan fingerprint density at radius 2 is 1.82 bits per heavy atom. The fraction of sp³-hybridized carbons (Fsp3) is 0.538. The van der Waals surface area contributed by atoms with Crippen LogP contribution in [0.2, 0.25) is 0 Å². The zero-order chi connectivity index (χ0) is 12.9. The van der Waals surface area contributed by atoms with E-state index in [1.54, 1.807) is 12.1 Å². The predicted octanol–water partition coefficient (Wildman–Crippen LogP) is 2.77. The number of nitrogens with zero attached hydrogens (tertiary/aromatic N) is 1. The highest BCUT2D eigenvalue weighted by Gasteiger charge is 2.08. The van der Waals surface area contributed by atoms with Gasteiger partial charge in [-0.3, -0.25) is 10.1 Å². The predicted molar refractivity (Wildman–Crippen MR) is 69.1 cm³/mol. The monoisotopic (exact) mass is 236 g/mol. The minimum Gasteiger partial charge on any atom is -0.316 e. The first kappa shape index (κ1) is 13.6. The molecule has 0 saturated heterocycles. The Morgan fingerprint density at radius 1 is 1.24 bits per heavy atom. The topological polar surface area (TPSA) is 55.2 Å². The lowest BCUT2D eigenvalue weighted by atomic mass is 9.97. The molecule has 1 N–H and O–H groups in total. The van der Waals surface area contributed by atoms with E-state index in [0.717, 1.165) is 25.1 Å². The van der Waals surface area contributed by atoms with Crippen molar-refractivity contribution in [2.75, 3.05) is 13.1 Å². The first-order chi connectivity index (χ1) is 7.88. The van der Waals surface area contributed by atoms with Crippen LogP contribution in [-0.2, 0) is 6.42 Å². The van der Waals surface area contributed by atoms with Crippen LogP contribution in [0.15, 0.2) is 24.3 Å². The lowest BCUT2D eigenvalue weighted by Gasteiger charge is -2.18. The molecule has 0 saturated carbocycles. The fourth-order valence-electron chi connectivity index (χ4n) is 1.48. The number of nitrogens with one attached hydrogen (secondary N) is 1. The summed E-state index contributed by atoms with van der Waals surface area (Å²) in [7, 11) is 0. The molecule has 0 atom stereocenters. The van der Waals surface area contributed by atoms with Gasteiger partial charge in [0.1, 0.15) is 0 Å². The van der Waals surface area contributed by atoms with Gasteiger partial charge in [-0.15, -0.1) is 0 Å². The molecule has 4 nitrogen and oxygen atoms in total. The van der Waals surface area contributed by atoms with E-state index < -0.39 is 0 Å². The van der Waals surface area contributed by atoms with E-state index in [2.05, 4.69) is 26.1 Å². The SMILES string of the molecule is CC(C)(C)CNCCc1ccc([N+](=O)[O-])cc1. The minimum atomic E-state index is -0.373. The molecule has 0 amide bonds. The molecule has 0 fully saturated rings. The molecule has 17 heavy (non-hydrogen) atoms. The molecule has 1 aromatic rings. The Hall–Kier alpha value is -1.42. The van der Waals surface area contributed by atoms with Crippen LogP contribution in [-0.4, -0.2) is 18.0 Å². The highest BCUT2D eigenvalue weighted by atomic mass is 16.6. The zero-order valence-corrected chi connectivity index (χ0v) is 10.7. The van der Waals surface area contributed by atoms with E-state index >= 15 is 0 Å². The Morgan fingerprint density at radius 3 is 2.29 bits per heavy atom. The average molecular weight is 236 g/mol. The van der Waals surface area contributed by atoms with E-state index in [4.69, 9.17) is 0 Å². The number of hydrogen-bond donors (Lipinski definition) is 1. The van der Waals surface area contributed by atoms with Crippen LogP contribution in [0.4, 0.5) is 5.69 Å². The summed E-state index contributed by atoms with van der Waals surface area (Å²) in [4.78, 5) is 10.1. The molecule has 0 unspecified atom stereocenters. The first-order valence-electron chi connectivity index (χ1n) is 5.82. The van der Waals surface area contributed by atoms with Gasteiger partial charge in [-0.1, -0.05) is 32.9 Å². The molecule has 94 valence electrons. The number of hydrogen-bond acceptors (Lipinski definition) is 3. The molecular weight excluding hydrogens is 216 g/mol. The largest absolute Gasteiger partial charge is 0.316 e. The summed E-state index contributed by atoms with van der Waals surface area (Å²) in [6.45, 7) is 8.43. The van der Waals surface area contributed by atoms with E-state index in [0.29, 0.717) is 0 Å². The van der Waals surface area contributed by atoms with Gasteiger partial charge in [0, 0.05) is 18.7 Å². The van der Waals surface area contributed by atoms with Gasteiger partial charge >= 0.3 is 0 Å². The first-order valence-corrected chi connectivity index (χ1v) is 5.82. The molecule has 0 aliphatic carbocycles. The number of non-ortho nitro benzene ring substituents is 1. The Bertz CT molecular complexity index is 366. The van der Waals surface area contributed by atoms with Crippen molar-refractivity contribution in [3.8, 4) is 0 Å². The smallest absolute Gasteiger partial charge is 0.269 e. The molecule has 4 heteroatoms. The molecule has 0 radical (unpaired) electrons. The molecule has 0 aliphatic heterocycles. The molecule has 0 spiro atoms. The minimum absolute atomic E-state index is 0.149. The quantitative estimate of drug-likeness (QED) is 0.486. The standard InChI is InChI=1S/C13H20N2O2/c1-13(2,3)10-14-9-8-11-4-6-12(7-5-11)15(16)17/h4-7,14H,8-10H2,1-3H3. The van der Waals surface area contributed by atoms with Crippen LogP contribution in [0.3, 0.4) is 0 Å². The maximum atomic E-state index is 10.5. The summed E-state index contributed by atoms with van der Waals surface area (Å²) in [5, 5.41) is 13.9. The molecule has 0 aromatic heterocycles. The van der Waals surface area contributed by atoms with E-state index in [-0.39, 0.29) is 16.0 Å².